The van der Waals surface area contributed by atoms with Crippen molar-refractivity contribution in [1.82, 2.24) is 9.55 Å². The first-order chi connectivity index (χ1) is 7.31. The minimum Gasteiger partial charge on any atom is -0.313 e. The van der Waals surface area contributed by atoms with Crippen LogP contribution in [0.5, 0.6) is 0 Å². The summed E-state index contributed by atoms with van der Waals surface area (Å²) in [7, 11) is 0. The first-order valence-corrected chi connectivity index (χ1v) is 6.06. The van der Waals surface area contributed by atoms with E-state index in [0.29, 0.717) is 6.04 Å². The lowest BCUT2D eigenvalue weighted by molar-refractivity contribution is 0.259. The summed E-state index contributed by atoms with van der Waals surface area (Å²) in [6.45, 7) is 2.25. The molecule has 0 unspecified atom stereocenters. The molecule has 3 heteroatoms. The van der Waals surface area contributed by atoms with Crippen LogP contribution >= 0.6 is 0 Å². The van der Waals surface area contributed by atoms with Gasteiger partial charge in [0.25, 0.3) is 0 Å². The van der Waals surface area contributed by atoms with Crippen molar-refractivity contribution in [2.75, 3.05) is 0 Å². The average Bonchev–Trinajstić information content (AvgIpc) is 2.66. The molecule has 1 aromatic heterocycles. The van der Waals surface area contributed by atoms with E-state index in [2.05, 4.69) is 11.9 Å². The Hall–Kier alpha value is -0.990. The Labute approximate surface area is 90.5 Å². The third-order valence-electron chi connectivity index (χ3n) is 3.58. The molecule has 0 atom stereocenters. The Morgan fingerprint density at radius 3 is 2.67 bits per heavy atom. The molecule has 0 bridgehead atoms. The smallest absolute Gasteiger partial charge is 0.313 e. The van der Waals surface area contributed by atoms with Crippen molar-refractivity contribution in [3.63, 3.8) is 0 Å². The number of imidazole rings is 1. The van der Waals surface area contributed by atoms with Gasteiger partial charge in [0.2, 0.25) is 0 Å². The van der Waals surface area contributed by atoms with E-state index >= 15 is 0 Å². The van der Waals surface area contributed by atoms with Gasteiger partial charge in [0.15, 0.2) is 0 Å². The lowest BCUT2D eigenvalue weighted by Gasteiger charge is -2.28. The van der Waals surface area contributed by atoms with Gasteiger partial charge in [-0.25, -0.2) is 4.79 Å². The second kappa shape index (κ2) is 4.69. The van der Waals surface area contributed by atoms with Crippen LogP contribution in [0.15, 0.2) is 17.2 Å². The predicted molar refractivity (Wildman–Crippen MR) is 61.0 cm³/mol. The van der Waals surface area contributed by atoms with Gasteiger partial charge in [0, 0.05) is 18.4 Å². The molecule has 0 spiro atoms. The molecule has 84 valence electrons. The van der Waals surface area contributed by atoms with Gasteiger partial charge in [-0.1, -0.05) is 19.8 Å². The fraction of sp³-hybridized carbons (Fsp3) is 0.750. The van der Waals surface area contributed by atoms with Crippen LogP contribution in [0.2, 0.25) is 0 Å². The average molecular weight is 208 g/mol. The molecule has 1 aliphatic carbocycles. The lowest BCUT2D eigenvalue weighted by Crippen LogP contribution is -2.25. The molecule has 1 fully saturated rings. The highest BCUT2D eigenvalue weighted by atomic mass is 16.1. The summed E-state index contributed by atoms with van der Waals surface area (Å²) in [5.41, 5.74) is 0.0499. The molecular formula is C12H20N2O. The second-order valence-corrected chi connectivity index (χ2v) is 4.64. The second-order valence-electron chi connectivity index (χ2n) is 4.64. The van der Waals surface area contributed by atoms with Gasteiger partial charge in [-0.3, -0.25) is 4.57 Å². The summed E-state index contributed by atoms with van der Waals surface area (Å²) in [5, 5.41) is 0. The highest BCUT2D eigenvalue weighted by Crippen LogP contribution is 2.33. The first-order valence-electron chi connectivity index (χ1n) is 6.06. The molecule has 0 amide bonds. The van der Waals surface area contributed by atoms with Gasteiger partial charge in [-0.05, 0) is 31.6 Å². The quantitative estimate of drug-likeness (QED) is 0.814. The van der Waals surface area contributed by atoms with Crippen LogP contribution in [0, 0.1) is 5.92 Å². The third kappa shape index (κ3) is 2.33. The molecule has 1 saturated carbocycles. The van der Waals surface area contributed by atoms with Crippen LogP contribution in [0.3, 0.4) is 0 Å². The zero-order chi connectivity index (χ0) is 10.7. The van der Waals surface area contributed by atoms with Crippen LogP contribution in [0.25, 0.3) is 0 Å². The highest BCUT2D eigenvalue weighted by Gasteiger charge is 2.22. The normalized spacial score (nSPS) is 26.7. The van der Waals surface area contributed by atoms with E-state index in [0.717, 1.165) is 5.92 Å². The number of aromatic amines is 1. The number of nitrogens with zero attached hydrogens (tertiary/aromatic N) is 1. The molecule has 0 radical (unpaired) electrons. The van der Waals surface area contributed by atoms with E-state index in [1.54, 1.807) is 6.20 Å². The Morgan fingerprint density at radius 2 is 2.13 bits per heavy atom. The number of hydrogen-bond donors (Lipinski definition) is 1. The van der Waals surface area contributed by atoms with E-state index in [4.69, 9.17) is 0 Å². The van der Waals surface area contributed by atoms with Crippen LogP contribution in [0.1, 0.15) is 51.5 Å². The lowest BCUT2D eigenvalue weighted by atomic mass is 9.83. The Morgan fingerprint density at radius 1 is 1.40 bits per heavy atom. The fourth-order valence-electron chi connectivity index (χ4n) is 2.74. The Kier molecular flexibility index (Phi) is 3.29. The van der Waals surface area contributed by atoms with Crippen molar-refractivity contribution in [2.24, 2.45) is 5.92 Å². The van der Waals surface area contributed by atoms with Crippen molar-refractivity contribution in [2.45, 2.75) is 51.5 Å². The molecular weight excluding hydrogens is 188 g/mol. The standard InChI is InChI=1S/C12H20N2O/c1-2-3-10-4-6-11(7-5-10)14-9-8-13-12(14)15/h8-11H,2-7H2,1H3,(H,13,15). The summed E-state index contributed by atoms with van der Waals surface area (Å²) in [4.78, 5) is 14.1. The molecule has 2 rings (SSSR count). The summed E-state index contributed by atoms with van der Waals surface area (Å²) in [6.07, 6.45) is 11.2. The predicted octanol–water partition coefficient (Wildman–Crippen LogP) is 2.71. The molecule has 0 aliphatic heterocycles. The van der Waals surface area contributed by atoms with Crippen LogP contribution < -0.4 is 5.69 Å². The maximum atomic E-state index is 11.4. The zero-order valence-electron chi connectivity index (χ0n) is 9.41. The Balaban J connectivity index is 1.94. The van der Waals surface area contributed by atoms with Gasteiger partial charge in [-0.2, -0.15) is 0 Å². The van der Waals surface area contributed by atoms with Gasteiger partial charge in [0.1, 0.15) is 0 Å². The Bertz CT molecular complexity index is 345. The van der Waals surface area contributed by atoms with E-state index < -0.39 is 0 Å². The maximum absolute atomic E-state index is 11.4. The van der Waals surface area contributed by atoms with Crippen LogP contribution in [-0.4, -0.2) is 9.55 Å². The van der Waals surface area contributed by atoms with Crippen molar-refractivity contribution < 1.29 is 0 Å². The summed E-state index contributed by atoms with van der Waals surface area (Å²) >= 11 is 0. The van der Waals surface area contributed by atoms with Gasteiger partial charge in [-0.15, -0.1) is 0 Å². The number of aromatic nitrogens is 2. The molecule has 0 saturated heterocycles. The summed E-state index contributed by atoms with van der Waals surface area (Å²) < 4.78 is 1.86. The summed E-state index contributed by atoms with van der Waals surface area (Å²) in [5.74, 6) is 0.904. The van der Waals surface area contributed by atoms with Crippen molar-refractivity contribution in [3.05, 3.63) is 22.9 Å². The zero-order valence-corrected chi connectivity index (χ0v) is 9.41. The fourth-order valence-corrected chi connectivity index (χ4v) is 2.74. The third-order valence-corrected chi connectivity index (χ3v) is 3.58. The minimum absolute atomic E-state index is 0.0499. The van der Waals surface area contributed by atoms with Crippen LogP contribution in [-0.2, 0) is 0 Å². The van der Waals surface area contributed by atoms with E-state index in [1.807, 2.05) is 10.8 Å². The molecule has 1 N–H and O–H groups in total. The number of hydrogen-bond acceptors (Lipinski definition) is 1. The van der Waals surface area contributed by atoms with Gasteiger partial charge >= 0.3 is 5.69 Å². The van der Waals surface area contributed by atoms with E-state index in [-0.39, 0.29) is 5.69 Å². The maximum Gasteiger partial charge on any atom is 0.325 e. The van der Waals surface area contributed by atoms with Gasteiger partial charge in [0.05, 0.1) is 0 Å². The topological polar surface area (TPSA) is 37.8 Å². The van der Waals surface area contributed by atoms with Crippen molar-refractivity contribution in [1.29, 1.82) is 0 Å². The first kappa shape index (κ1) is 10.5. The number of rotatable bonds is 3. The van der Waals surface area contributed by atoms with Crippen molar-refractivity contribution in [3.8, 4) is 0 Å². The molecule has 1 aliphatic rings. The number of nitrogens with one attached hydrogen (secondary N) is 1. The minimum atomic E-state index is 0.0499. The SMILES string of the molecule is CCCC1CCC(n2cc[nH]c2=O)CC1. The molecule has 3 nitrogen and oxygen atoms in total. The van der Waals surface area contributed by atoms with Gasteiger partial charge < -0.3 is 4.98 Å². The van der Waals surface area contributed by atoms with E-state index in [1.165, 1.54) is 38.5 Å². The molecule has 0 aromatic carbocycles. The monoisotopic (exact) mass is 208 g/mol. The largest absolute Gasteiger partial charge is 0.325 e. The number of H-pyrrole nitrogens is 1. The highest BCUT2D eigenvalue weighted by molar-refractivity contribution is 4.84. The summed E-state index contributed by atoms with van der Waals surface area (Å²) in [6, 6.07) is 0.442. The molecule has 15 heavy (non-hydrogen) atoms. The van der Waals surface area contributed by atoms with E-state index in [9.17, 15) is 4.79 Å². The molecule has 1 aromatic rings. The molecule has 1 heterocycles. The van der Waals surface area contributed by atoms with Crippen LogP contribution in [0.4, 0.5) is 0 Å². The van der Waals surface area contributed by atoms with Crippen molar-refractivity contribution >= 4 is 0 Å².